The average molecular weight is 357 g/mol. The minimum atomic E-state index is -0.486. The predicted octanol–water partition coefficient (Wildman–Crippen LogP) is 3.85. The Kier molecular flexibility index (Phi) is 3.59. The molecule has 24 heavy (non-hydrogen) atoms. The molecule has 118 valence electrons. The third kappa shape index (κ3) is 2.47. The molecular formula is C16H9ClN4O2S. The van der Waals surface area contributed by atoms with Gasteiger partial charge in [-0.25, -0.2) is 0 Å². The van der Waals surface area contributed by atoms with Gasteiger partial charge in [0, 0.05) is 5.56 Å². The van der Waals surface area contributed by atoms with E-state index in [0.717, 1.165) is 5.56 Å². The van der Waals surface area contributed by atoms with E-state index in [1.54, 1.807) is 18.2 Å². The Labute approximate surface area is 146 Å². The van der Waals surface area contributed by atoms with Crippen LogP contribution in [0.25, 0.3) is 17.4 Å². The van der Waals surface area contributed by atoms with Crippen LogP contribution in [-0.2, 0) is 4.79 Å². The van der Waals surface area contributed by atoms with E-state index < -0.39 is 5.91 Å². The fourth-order valence-corrected chi connectivity index (χ4v) is 3.15. The maximum atomic E-state index is 12.1. The first-order chi connectivity index (χ1) is 11.6. The largest absolute Gasteiger partial charge is 0.457 e. The highest BCUT2D eigenvalue weighted by Crippen LogP contribution is 2.30. The minimum Gasteiger partial charge on any atom is -0.457 e. The summed E-state index contributed by atoms with van der Waals surface area (Å²) in [6.45, 7) is 0. The van der Waals surface area contributed by atoms with Crippen LogP contribution in [0.1, 0.15) is 5.76 Å². The van der Waals surface area contributed by atoms with Gasteiger partial charge in [0.15, 0.2) is 11.0 Å². The van der Waals surface area contributed by atoms with Crippen molar-refractivity contribution >= 4 is 51.9 Å². The second-order valence-electron chi connectivity index (χ2n) is 4.94. The van der Waals surface area contributed by atoms with Gasteiger partial charge >= 0.3 is 0 Å². The van der Waals surface area contributed by atoms with Crippen LogP contribution in [0.4, 0.5) is 0 Å². The van der Waals surface area contributed by atoms with E-state index in [4.69, 9.17) is 21.4 Å². The quantitative estimate of drug-likeness (QED) is 0.828. The first kappa shape index (κ1) is 14.9. The standard InChI is InChI=1S/C16H9ClN4O2S/c17-12-4-2-1-3-10(12)13-6-5-9(23-13)7-11-14(18)21-16(20-15(11)22)24-8-19-21/h1-8,18H/b11-7-,18-14?. The monoisotopic (exact) mass is 356 g/mol. The van der Waals surface area contributed by atoms with Crippen LogP contribution >= 0.6 is 23.4 Å². The van der Waals surface area contributed by atoms with Crippen LogP contribution in [0.5, 0.6) is 0 Å². The summed E-state index contributed by atoms with van der Waals surface area (Å²) in [4.78, 5) is 16.0. The molecular weight excluding hydrogens is 348 g/mol. The SMILES string of the molecule is N=C1/C(=C/c2ccc(-c3ccccc3Cl)o2)C(=O)N=C2SC=NN12. The summed E-state index contributed by atoms with van der Waals surface area (Å²) in [5.74, 6) is 0.510. The molecule has 1 aromatic carbocycles. The number of halogens is 1. The van der Waals surface area contributed by atoms with Gasteiger partial charge in [-0.2, -0.15) is 15.1 Å². The van der Waals surface area contributed by atoms with Gasteiger partial charge in [0.1, 0.15) is 11.5 Å². The number of benzene rings is 1. The van der Waals surface area contributed by atoms with Crippen molar-refractivity contribution in [2.75, 3.05) is 0 Å². The molecule has 2 aliphatic rings. The summed E-state index contributed by atoms with van der Waals surface area (Å²) in [6, 6.07) is 10.8. The number of carbonyl (C=O) groups excluding carboxylic acids is 1. The molecule has 0 fully saturated rings. The van der Waals surface area contributed by atoms with Crippen molar-refractivity contribution in [1.29, 1.82) is 5.41 Å². The zero-order valence-electron chi connectivity index (χ0n) is 12.1. The number of aliphatic imine (C=N–C) groups is 1. The highest BCUT2D eigenvalue weighted by atomic mass is 35.5. The van der Waals surface area contributed by atoms with Crippen molar-refractivity contribution in [3.8, 4) is 11.3 Å². The molecule has 1 aromatic heterocycles. The highest BCUT2D eigenvalue weighted by molar-refractivity contribution is 8.25. The van der Waals surface area contributed by atoms with Crippen molar-refractivity contribution in [3.05, 3.63) is 52.8 Å². The number of amidine groups is 2. The fourth-order valence-electron chi connectivity index (χ4n) is 2.32. The Balaban J connectivity index is 1.70. The number of nitrogens with zero attached hydrogens (tertiary/aromatic N) is 3. The summed E-state index contributed by atoms with van der Waals surface area (Å²) >= 11 is 7.36. The summed E-state index contributed by atoms with van der Waals surface area (Å²) < 4.78 is 5.74. The van der Waals surface area contributed by atoms with Crippen molar-refractivity contribution in [2.45, 2.75) is 0 Å². The molecule has 8 heteroatoms. The minimum absolute atomic E-state index is 0.0260. The van der Waals surface area contributed by atoms with E-state index in [1.807, 2.05) is 18.2 Å². The van der Waals surface area contributed by atoms with E-state index >= 15 is 0 Å². The lowest BCUT2D eigenvalue weighted by Gasteiger charge is -2.19. The molecule has 4 rings (SSSR count). The number of furan rings is 1. The van der Waals surface area contributed by atoms with Gasteiger partial charge in [-0.05, 0) is 42.1 Å². The first-order valence-corrected chi connectivity index (χ1v) is 8.17. The Bertz CT molecular complexity index is 960. The maximum absolute atomic E-state index is 12.1. The Morgan fingerprint density at radius 1 is 1.25 bits per heavy atom. The molecule has 1 N–H and O–H groups in total. The normalized spacial score (nSPS) is 18.3. The molecule has 0 aliphatic carbocycles. The summed E-state index contributed by atoms with van der Waals surface area (Å²) in [5.41, 5.74) is 2.42. The summed E-state index contributed by atoms with van der Waals surface area (Å²) in [5, 5.41) is 14.4. The van der Waals surface area contributed by atoms with Crippen molar-refractivity contribution in [3.63, 3.8) is 0 Å². The van der Waals surface area contributed by atoms with Crippen molar-refractivity contribution in [2.24, 2.45) is 10.1 Å². The topological polar surface area (TPSA) is 82.0 Å². The van der Waals surface area contributed by atoms with Gasteiger partial charge in [-0.15, -0.1) is 0 Å². The Hall–Kier alpha value is -2.64. The average Bonchev–Trinajstić information content (AvgIpc) is 3.21. The number of nitrogens with one attached hydrogen (secondary N) is 1. The van der Waals surface area contributed by atoms with Gasteiger partial charge in [0.2, 0.25) is 0 Å². The highest BCUT2D eigenvalue weighted by Gasteiger charge is 2.32. The second kappa shape index (κ2) is 5.77. The van der Waals surface area contributed by atoms with Crippen LogP contribution in [0.15, 0.2) is 56.5 Å². The van der Waals surface area contributed by atoms with E-state index in [-0.39, 0.29) is 11.4 Å². The van der Waals surface area contributed by atoms with Gasteiger partial charge in [0.25, 0.3) is 5.91 Å². The van der Waals surface area contributed by atoms with Gasteiger partial charge in [0.05, 0.1) is 16.1 Å². The maximum Gasteiger partial charge on any atom is 0.283 e. The first-order valence-electron chi connectivity index (χ1n) is 6.91. The molecule has 3 heterocycles. The Morgan fingerprint density at radius 2 is 2.08 bits per heavy atom. The number of rotatable bonds is 2. The molecule has 1 amide bonds. The van der Waals surface area contributed by atoms with Crippen LogP contribution in [0.2, 0.25) is 5.02 Å². The van der Waals surface area contributed by atoms with Crippen LogP contribution < -0.4 is 0 Å². The smallest absolute Gasteiger partial charge is 0.283 e. The zero-order valence-corrected chi connectivity index (χ0v) is 13.6. The van der Waals surface area contributed by atoms with E-state index in [1.165, 1.54) is 28.4 Å². The molecule has 0 atom stereocenters. The number of carbonyl (C=O) groups is 1. The van der Waals surface area contributed by atoms with Crippen molar-refractivity contribution in [1.82, 2.24) is 5.01 Å². The van der Waals surface area contributed by atoms with E-state index in [2.05, 4.69) is 10.1 Å². The van der Waals surface area contributed by atoms with Crippen LogP contribution in [0.3, 0.4) is 0 Å². The summed E-state index contributed by atoms with van der Waals surface area (Å²) in [6.07, 6.45) is 1.49. The summed E-state index contributed by atoms with van der Waals surface area (Å²) in [7, 11) is 0. The molecule has 0 spiro atoms. The third-order valence-electron chi connectivity index (χ3n) is 3.45. The number of thioether (sulfide) groups is 1. The number of hydrogen-bond acceptors (Lipinski definition) is 5. The lowest BCUT2D eigenvalue weighted by Crippen LogP contribution is -2.35. The molecule has 0 radical (unpaired) electrons. The van der Waals surface area contributed by atoms with Gasteiger partial charge in [-0.1, -0.05) is 23.7 Å². The predicted molar refractivity (Wildman–Crippen MR) is 95.2 cm³/mol. The number of fused-ring (bicyclic) bond motifs is 1. The zero-order chi connectivity index (χ0) is 16.7. The number of hydrogen-bond donors (Lipinski definition) is 1. The molecule has 0 saturated heterocycles. The van der Waals surface area contributed by atoms with Crippen LogP contribution in [0, 0.1) is 5.41 Å². The Morgan fingerprint density at radius 3 is 2.92 bits per heavy atom. The molecule has 0 unspecified atom stereocenters. The molecule has 2 aliphatic heterocycles. The third-order valence-corrected chi connectivity index (χ3v) is 4.45. The lowest BCUT2D eigenvalue weighted by molar-refractivity contribution is -0.114. The molecule has 0 saturated carbocycles. The molecule has 6 nitrogen and oxygen atoms in total. The van der Waals surface area contributed by atoms with Crippen LogP contribution in [-0.4, -0.2) is 27.5 Å². The van der Waals surface area contributed by atoms with Gasteiger partial charge < -0.3 is 4.42 Å². The second-order valence-corrected chi connectivity index (χ2v) is 6.16. The van der Waals surface area contributed by atoms with Crippen molar-refractivity contribution < 1.29 is 9.21 Å². The molecule has 0 bridgehead atoms. The van der Waals surface area contributed by atoms with E-state index in [0.29, 0.717) is 21.7 Å². The van der Waals surface area contributed by atoms with E-state index in [9.17, 15) is 4.79 Å². The fraction of sp³-hybridized carbons (Fsp3) is 0. The number of amides is 1. The lowest BCUT2D eigenvalue weighted by atomic mass is 10.1. The molecule has 2 aromatic rings. The number of hydrazone groups is 1. The van der Waals surface area contributed by atoms with Gasteiger partial charge in [-0.3, -0.25) is 10.2 Å².